The van der Waals surface area contributed by atoms with E-state index in [0.717, 1.165) is 12.7 Å². The molecule has 1 aromatic rings. The highest BCUT2D eigenvalue weighted by Gasteiger charge is 2.27. The van der Waals surface area contributed by atoms with Crippen LogP contribution < -0.4 is 5.32 Å². The molecule has 1 aromatic carbocycles. The van der Waals surface area contributed by atoms with E-state index in [1.807, 2.05) is 6.07 Å². The molecule has 1 amide bonds. The molecule has 0 aliphatic heterocycles. The van der Waals surface area contributed by atoms with Crippen molar-refractivity contribution in [2.24, 2.45) is 0 Å². The van der Waals surface area contributed by atoms with E-state index in [-0.39, 0.29) is 6.61 Å². The number of nitro groups is 1. The van der Waals surface area contributed by atoms with Gasteiger partial charge >= 0.3 is 12.1 Å². The van der Waals surface area contributed by atoms with Crippen molar-refractivity contribution in [3.8, 4) is 0 Å². The molecule has 0 aromatic heterocycles. The molecule has 0 saturated heterocycles. The minimum Gasteiger partial charge on any atom is -0.467 e. The minimum absolute atomic E-state index is 0.000962. The highest BCUT2D eigenvalue weighted by Crippen LogP contribution is 2.01. The number of carbonyl (C=O) groups is 2. The molecule has 0 radical (unpaired) electrons. The first-order valence-electron chi connectivity index (χ1n) is 5.69. The van der Waals surface area contributed by atoms with Crippen LogP contribution in [0.5, 0.6) is 0 Å². The van der Waals surface area contributed by atoms with Crippen molar-refractivity contribution in [3.05, 3.63) is 46.0 Å². The SMILES string of the molecule is COC(=O)[C@H](C[N+](=O)[O-])NC(=O)OCc1ccccc1. The fraction of sp³-hybridized carbons (Fsp3) is 0.333. The summed E-state index contributed by atoms with van der Waals surface area (Å²) in [5.41, 5.74) is 0.756. The fourth-order valence-corrected chi connectivity index (χ4v) is 1.38. The third kappa shape index (κ3) is 5.34. The molecule has 0 aliphatic carbocycles. The largest absolute Gasteiger partial charge is 0.467 e. The number of amides is 1. The summed E-state index contributed by atoms with van der Waals surface area (Å²) in [7, 11) is 1.08. The molecule has 0 spiro atoms. The van der Waals surface area contributed by atoms with Crippen molar-refractivity contribution < 1.29 is 24.0 Å². The number of nitrogens with one attached hydrogen (secondary N) is 1. The summed E-state index contributed by atoms with van der Waals surface area (Å²) < 4.78 is 9.22. The van der Waals surface area contributed by atoms with E-state index < -0.39 is 29.6 Å². The van der Waals surface area contributed by atoms with Crippen LogP contribution >= 0.6 is 0 Å². The summed E-state index contributed by atoms with van der Waals surface area (Å²) in [6, 6.07) is 7.50. The van der Waals surface area contributed by atoms with Crippen LogP contribution in [0.25, 0.3) is 0 Å². The second kappa shape index (κ2) is 7.72. The van der Waals surface area contributed by atoms with Crippen molar-refractivity contribution in [1.29, 1.82) is 0 Å². The molecule has 8 nitrogen and oxygen atoms in total. The lowest BCUT2D eigenvalue weighted by Crippen LogP contribution is -2.46. The Hall–Kier alpha value is -2.64. The highest BCUT2D eigenvalue weighted by molar-refractivity contribution is 5.81. The molecular weight excluding hydrogens is 268 g/mol. The molecule has 0 fully saturated rings. The van der Waals surface area contributed by atoms with Crippen molar-refractivity contribution in [2.75, 3.05) is 13.7 Å². The van der Waals surface area contributed by atoms with Gasteiger partial charge in [0.1, 0.15) is 6.61 Å². The zero-order valence-corrected chi connectivity index (χ0v) is 10.8. The lowest BCUT2D eigenvalue weighted by molar-refractivity contribution is -0.481. The second-order valence-corrected chi connectivity index (χ2v) is 3.80. The van der Waals surface area contributed by atoms with Crippen molar-refractivity contribution in [2.45, 2.75) is 12.6 Å². The fourth-order valence-electron chi connectivity index (χ4n) is 1.38. The molecule has 0 unspecified atom stereocenters. The van der Waals surface area contributed by atoms with E-state index >= 15 is 0 Å². The number of nitrogens with zero attached hydrogens (tertiary/aromatic N) is 1. The molecule has 20 heavy (non-hydrogen) atoms. The monoisotopic (exact) mass is 282 g/mol. The average Bonchev–Trinajstić information content (AvgIpc) is 2.44. The van der Waals surface area contributed by atoms with Gasteiger partial charge in [0.05, 0.1) is 7.11 Å². The molecule has 108 valence electrons. The number of carbonyl (C=O) groups excluding carboxylic acids is 2. The molecule has 0 bridgehead atoms. The Morgan fingerprint density at radius 2 is 2.00 bits per heavy atom. The molecule has 0 saturated carbocycles. The van der Waals surface area contributed by atoms with Gasteiger partial charge in [0, 0.05) is 4.92 Å². The van der Waals surface area contributed by atoms with Gasteiger partial charge in [-0.15, -0.1) is 0 Å². The van der Waals surface area contributed by atoms with Gasteiger partial charge in [-0.05, 0) is 5.56 Å². The van der Waals surface area contributed by atoms with Crippen molar-refractivity contribution >= 4 is 12.1 Å². The number of benzene rings is 1. The van der Waals surface area contributed by atoms with Gasteiger partial charge in [0.25, 0.3) is 0 Å². The summed E-state index contributed by atoms with van der Waals surface area (Å²) in [5, 5.41) is 12.5. The Morgan fingerprint density at radius 1 is 1.35 bits per heavy atom. The van der Waals surface area contributed by atoms with Gasteiger partial charge in [0.15, 0.2) is 6.04 Å². The molecule has 1 rings (SSSR count). The lowest BCUT2D eigenvalue weighted by atomic mass is 10.2. The predicted molar refractivity (Wildman–Crippen MR) is 67.4 cm³/mol. The van der Waals surface area contributed by atoms with Crippen LogP contribution in [0.2, 0.25) is 0 Å². The van der Waals surface area contributed by atoms with Crippen LogP contribution in [0, 0.1) is 10.1 Å². The molecule has 1 atom stereocenters. The maximum Gasteiger partial charge on any atom is 0.408 e. The van der Waals surface area contributed by atoms with E-state index in [0.29, 0.717) is 0 Å². The number of methoxy groups -OCH3 is 1. The molecule has 0 aliphatic rings. The first-order valence-corrected chi connectivity index (χ1v) is 5.69. The smallest absolute Gasteiger partial charge is 0.408 e. The molecular formula is C12H14N2O6. The van der Waals surface area contributed by atoms with Gasteiger partial charge in [-0.2, -0.15) is 0 Å². The van der Waals surface area contributed by atoms with Crippen LogP contribution in [0.4, 0.5) is 4.79 Å². The third-order valence-electron chi connectivity index (χ3n) is 2.32. The van der Waals surface area contributed by atoms with Gasteiger partial charge in [0.2, 0.25) is 6.54 Å². The number of hydrogen-bond acceptors (Lipinski definition) is 6. The van der Waals surface area contributed by atoms with Crippen LogP contribution in [0.3, 0.4) is 0 Å². The Bertz CT molecular complexity index is 476. The van der Waals surface area contributed by atoms with Gasteiger partial charge in [-0.1, -0.05) is 30.3 Å². The zero-order chi connectivity index (χ0) is 15.0. The maximum atomic E-state index is 11.5. The summed E-state index contributed by atoms with van der Waals surface area (Å²) in [5.74, 6) is -0.904. The van der Waals surface area contributed by atoms with E-state index in [4.69, 9.17) is 4.74 Å². The van der Waals surface area contributed by atoms with Crippen LogP contribution in [-0.4, -0.2) is 36.7 Å². The summed E-state index contributed by atoms with van der Waals surface area (Å²) in [6.07, 6.45) is -0.925. The topological polar surface area (TPSA) is 108 Å². The minimum atomic E-state index is -1.38. The van der Waals surface area contributed by atoms with Gasteiger partial charge < -0.3 is 14.8 Å². The summed E-state index contributed by atoms with van der Waals surface area (Å²) in [6.45, 7) is -0.772. The van der Waals surface area contributed by atoms with Crippen LogP contribution in [0.15, 0.2) is 30.3 Å². The number of rotatable bonds is 6. The third-order valence-corrected chi connectivity index (χ3v) is 2.32. The van der Waals surface area contributed by atoms with Crippen molar-refractivity contribution in [3.63, 3.8) is 0 Å². The predicted octanol–water partition coefficient (Wildman–Crippen LogP) is 0.731. The summed E-state index contributed by atoms with van der Waals surface area (Å²) >= 11 is 0. The second-order valence-electron chi connectivity index (χ2n) is 3.80. The quantitative estimate of drug-likeness (QED) is 0.468. The van der Waals surface area contributed by atoms with Gasteiger partial charge in [-0.25, -0.2) is 9.59 Å². The Labute approximate surface area is 114 Å². The van der Waals surface area contributed by atoms with E-state index in [1.54, 1.807) is 24.3 Å². The molecule has 1 N–H and O–H groups in total. The van der Waals surface area contributed by atoms with E-state index in [9.17, 15) is 19.7 Å². The molecule has 8 heteroatoms. The first kappa shape index (κ1) is 15.4. The summed E-state index contributed by atoms with van der Waals surface area (Å²) in [4.78, 5) is 32.4. The Balaban J connectivity index is 2.49. The lowest BCUT2D eigenvalue weighted by Gasteiger charge is -2.12. The van der Waals surface area contributed by atoms with E-state index in [2.05, 4.69) is 10.1 Å². The van der Waals surface area contributed by atoms with E-state index in [1.165, 1.54) is 0 Å². The number of alkyl carbamates (subject to hydrolysis) is 1. The average molecular weight is 282 g/mol. The van der Waals surface area contributed by atoms with Crippen molar-refractivity contribution in [1.82, 2.24) is 5.32 Å². The Morgan fingerprint density at radius 3 is 2.55 bits per heavy atom. The standard InChI is InChI=1S/C12H14N2O6/c1-19-11(15)10(7-14(17)18)13-12(16)20-8-9-5-3-2-4-6-9/h2-6,10H,7-8H2,1H3,(H,13,16)/t10-/m0/s1. The zero-order valence-electron chi connectivity index (χ0n) is 10.8. The number of ether oxygens (including phenoxy) is 2. The van der Waals surface area contributed by atoms with Gasteiger partial charge in [-0.3, -0.25) is 10.1 Å². The maximum absolute atomic E-state index is 11.5. The Kier molecular flexibility index (Phi) is 5.95. The number of hydrogen-bond donors (Lipinski definition) is 1. The van der Waals surface area contributed by atoms with Crippen LogP contribution in [0.1, 0.15) is 5.56 Å². The highest BCUT2D eigenvalue weighted by atomic mass is 16.6. The normalized spacial score (nSPS) is 11.2. The molecule has 0 heterocycles. The van der Waals surface area contributed by atoms with Crippen LogP contribution in [-0.2, 0) is 20.9 Å². The number of esters is 1. The first-order chi connectivity index (χ1) is 9.52.